The van der Waals surface area contributed by atoms with Crippen molar-refractivity contribution in [3.63, 3.8) is 0 Å². The molecule has 2 aromatic heterocycles. The van der Waals surface area contributed by atoms with Crippen LogP contribution in [0, 0.1) is 0 Å². The van der Waals surface area contributed by atoms with Gasteiger partial charge in [0, 0.05) is 11.1 Å². The van der Waals surface area contributed by atoms with E-state index in [4.69, 9.17) is 18.9 Å². The maximum atomic E-state index is 13.9. The average Bonchev–Trinajstić information content (AvgIpc) is 3.16. The normalized spacial score (nSPS) is 10.9. The van der Waals surface area contributed by atoms with Crippen LogP contribution in [-0.2, 0) is 0 Å². The number of nitrogens with zero attached hydrogens (tertiary/aromatic N) is 4. The predicted octanol–water partition coefficient (Wildman–Crippen LogP) is 7.73. The van der Waals surface area contributed by atoms with Crippen LogP contribution < -0.4 is 30.1 Å². The number of para-hydroxylation sites is 2. The molecule has 0 saturated heterocycles. The minimum absolute atomic E-state index is 0.145. The number of benzene rings is 4. The Hall–Kier alpha value is -5.46. The summed E-state index contributed by atoms with van der Waals surface area (Å²) in [5, 5.41) is 9.10. The smallest absolute Gasteiger partial charge is 0.315 e. The van der Waals surface area contributed by atoms with E-state index in [1.165, 1.54) is 31.0 Å². The van der Waals surface area contributed by atoms with Crippen LogP contribution in [0.4, 0.5) is 0 Å². The van der Waals surface area contributed by atoms with Gasteiger partial charge in [-0.2, -0.15) is 19.6 Å². The molecule has 0 aliphatic rings. The summed E-state index contributed by atoms with van der Waals surface area (Å²) in [5.74, 6) is 1.69. The van der Waals surface area contributed by atoms with E-state index in [0.717, 1.165) is 22.3 Å². The first-order chi connectivity index (χ1) is 24.5. The summed E-state index contributed by atoms with van der Waals surface area (Å²) in [6.45, 7) is 4.17. The third-order valence-electron chi connectivity index (χ3n) is 7.63. The van der Waals surface area contributed by atoms with Gasteiger partial charge in [-0.15, -0.1) is 0 Å². The number of hydrogen-bond donors (Lipinski definition) is 0. The molecule has 0 bridgehead atoms. The van der Waals surface area contributed by atoms with E-state index >= 15 is 0 Å². The summed E-state index contributed by atoms with van der Waals surface area (Å²) >= 11 is 0. The summed E-state index contributed by atoms with van der Waals surface area (Å²) in [4.78, 5) is 28.9. The predicted molar refractivity (Wildman–Crippen MR) is 198 cm³/mol. The Morgan fingerprint density at radius 2 is 1.00 bits per heavy atom. The van der Waals surface area contributed by atoms with E-state index in [-0.39, 0.29) is 24.7 Å². The minimum Gasteiger partial charge on any atom is -0.497 e. The highest BCUT2D eigenvalue weighted by atomic mass is 33.1. The highest BCUT2D eigenvalue weighted by molar-refractivity contribution is 8.76. The number of rotatable bonds is 13. The molecule has 0 amide bonds. The summed E-state index contributed by atoms with van der Waals surface area (Å²) in [7, 11) is 5.70. The summed E-state index contributed by atoms with van der Waals surface area (Å²) in [5.41, 5.74) is 3.71. The third-order valence-corrected chi connectivity index (χ3v) is 9.98. The SMILES string of the molecule is CCOc1c(SSc2cnn(-c3ccccc3-c3cccc(OC)c3)c(=O)c2OCC)cnn(-c2ccccc2-c2cccc(OC)c2)c1=O. The third kappa shape index (κ3) is 7.12. The summed E-state index contributed by atoms with van der Waals surface area (Å²) in [6, 6.07) is 30.3. The molecule has 0 aliphatic carbocycles. The first-order valence-electron chi connectivity index (χ1n) is 15.8. The fraction of sp³-hybridized carbons (Fsp3) is 0.158. The van der Waals surface area contributed by atoms with Crippen LogP contribution in [0.3, 0.4) is 0 Å². The van der Waals surface area contributed by atoms with Crippen molar-refractivity contribution >= 4 is 21.6 Å². The lowest BCUT2D eigenvalue weighted by molar-refractivity contribution is 0.323. The minimum atomic E-state index is -0.416. The first kappa shape index (κ1) is 34.4. The molecule has 0 fully saturated rings. The molecule has 6 aromatic rings. The van der Waals surface area contributed by atoms with Gasteiger partial charge in [-0.25, -0.2) is 0 Å². The Morgan fingerprint density at radius 3 is 1.40 bits per heavy atom. The van der Waals surface area contributed by atoms with Gasteiger partial charge in [0.15, 0.2) is 0 Å². The van der Waals surface area contributed by atoms with Crippen LogP contribution in [-0.4, -0.2) is 47.0 Å². The lowest BCUT2D eigenvalue weighted by Crippen LogP contribution is -2.24. The van der Waals surface area contributed by atoms with Gasteiger partial charge in [-0.3, -0.25) is 9.59 Å². The second kappa shape index (κ2) is 15.8. The van der Waals surface area contributed by atoms with Crippen LogP contribution in [0.15, 0.2) is 129 Å². The van der Waals surface area contributed by atoms with Crippen LogP contribution in [0.5, 0.6) is 23.0 Å². The van der Waals surface area contributed by atoms with E-state index in [1.807, 2.05) is 111 Å². The van der Waals surface area contributed by atoms with Crippen LogP contribution in [0.2, 0.25) is 0 Å². The molecule has 6 rings (SSSR count). The van der Waals surface area contributed by atoms with Crippen molar-refractivity contribution in [2.24, 2.45) is 0 Å². The fourth-order valence-corrected chi connectivity index (χ4v) is 7.39. The summed E-state index contributed by atoms with van der Waals surface area (Å²) in [6.07, 6.45) is 3.18. The Balaban J connectivity index is 1.34. The van der Waals surface area contributed by atoms with E-state index in [9.17, 15) is 9.59 Å². The van der Waals surface area contributed by atoms with Gasteiger partial charge in [0.25, 0.3) is 0 Å². The molecule has 2 heterocycles. The number of aromatic nitrogens is 4. The quantitative estimate of drug-likeness (QED) is 0.111. The van der Waals surface area contributed by atoms with Gasteiger partial charge in [0.05, 0.1) is 61.0 Å². The molecule has 0 spiro atoms. The molecule has 0 atom stereocenters. The summed E-state index contributed by atoms with van der Waals surface area (Å²) < 4.78 is 25.3. The van der Waals surface area contributed by atoms with Crippen LogP contribution >= 0.6 is 21.6 Å². The molecule has 50 heavy (non-hydrogen) atoms. The lowest BCUT2D eigenvalue weighted by Gasteiger charge is -2.16. The maximum absolute atomic E-state index is 13.9. The maximum Gasteiger partial charge on any atom is 0.315 e. The van der Waals surface area contributed by atoms with Crippen molar-refractivity contribution in [3.05, 3.63) is 130 Å². The van der Waals surface area contributed by atoms with Crippen molar-refractivity contribution in [2.45, 2.75) is 23.6 Å². The molecule has 0 aliphatic heterocycles. The number of methoxy groups -OCH3 is 2. The molecule has 12 heteroatoms. The molecule has 0 N–H and O–H groups in total. The van der Waals surface area contributed by atoms with E-state index in [0.29, 0.717) is 32.7 Å². The van der Waals surface area contributed by atoms with Crippen molar-refractivity contribution in [2.75, 3.05) is 27.4 Å². The van der Waals surface area contributed by atoms with Gasteiger partial charge in [0.2, 0.25) is 11.5 Å². The zero-order valence-corrected chi connectivity index (χ0v) is 29.5. The largest absolute Gasteiger partial charge is 0.497 e. The molecule has 4 aromatic carbocycles. The molecule has 10 nitrogen and oxygen atoms in total. The number of ether oxygens (including phenoxy) is 4. The first-order valence-corrected chi connectivity index (χ1v) is 17.9. The van der Waals surface area contributed by atoms with Gasteiger partial charge in [-0.05, 0) is 83.0 Å². The van der Waals surface area contributed by atoms with Crippen LogP contribution in [0.25, 0.3) is 33.6 Å². The molecule has 0 radical (unpaired) electrons. The van der Waals surface area contributed by atoms with E-state index < -0.39 is 11.1 Å². The molecule has 0 saturated carbocycles. The van der Waals surface area contributed by atoms with Crippen molar-refractivity contribution in [1.29, 1.82) is 0 Å². The van der Waals surface area contributed by atoms with E-state index in [2.05, 4.69) is 10.2 Å². The Bertz CT molecular complexity index is 2100. The Morgan fingerprint density at radius 1 is 0.580 bits per heavy atom. The zero-order chi connectivity index (χ0) is 35.0. The van der Waals surface area contributed by atoms with Crippen molar-refractivity contribution in [1.82, 2.24) is 19.6 Å². The highest BCUT2D eigenvalue weighted by Crippen LogP contribution is 2.43. The van der Waals surface area contributed by atoms with Gasteiger partial charge >= 0.3 is 11.1 Å². The Labute approximate surface area is 297 Å². The topological polar surface area (TPSA) is 107 Å². The molecule has 0 unspecified atom stereocenters. The van der Waals surface area contributed by atoms with Gasteiger partial charge in [-0.1, -0.05) is 60.7 Å². The second-order valence-electron chi connectivity index (χ2n) is 10.6. The lowest BCUT2D eigenvalue weighted by atomic mass is 10.0. The molecular formula is C38H34N4O6S2. The van der Waals surface area contributed by atoms with Crippen molar-refractivity contribution in [3.8, 4) is 56.6 Å². The Kier molecular flexibility index (Phi) is 10.9. The zero-order valence-electron chi connectivity index (χ0n) is 27.9. The number of hydrogen-bond acceptors (Lipinski definition) is 10. The molecule has 254 valence electrons. The monoisotopic (exact) mass is 706 g/mol. The van der Waals surface area contributed by atoms with Crippen molar-refractivity contribution < 1.29 is 18.9 Å². The van der Waals surface area contributed by atoms with E-state index in [1.54, 1.807) is 26.6 Å². The highest BCUT2D eigenvalue weighted by Gasteiger charge is 2.21. The van der Waals surface area contributed by atoms with Crippen LogP contribution in [0.1, 0.15) is 13.8 Å². The van der Waals surface area contributed by atoms with Gasteiger partial charge in [0.1, 0.15) is 11.5 Å². The fourth-order valence-electron chi connectivity index (χ4n) is 5.34. The molecular weight excluding hydrogens is 673 g/mol. The second-order valence-corrected chi connectivity index (χ2v) is 12.9. The standard InChI is InChI=1S/C38H34N4O6S2/c1-5-47-35-33(23-39-41(37(35)43)31-19-9-7-17-29(31)25-13-11-15-27(21-25)45-3)49-50-34-24-40-42(38(44)36(34)48-6-2)32-20-10-8-18-30(32)26-14-12-16-28(22-26)46-4/h7-24H,5-6H2,1-4H3. The van der Waals surface area contributed by atoms with Gasteiger partial charge < -0.3 is 18.9 Å². The average molecular weight is 707 g/mol.